The monoisotopic (exact) mass is 452 g/mol. The van der Waals surface area contributed by atoms with E-state index in [4.69, 9.17) is 4.98 Å². The topological polar surface area (TPSA) is 52.2 Å². The van der Waals surface area contributed by atoms with Gasteiger partial charge in [0.2, 0.25) is 0 Å². The van der Waals surface area contributed by atoms with E-state index in [1.165, 1.54) is 10.9 Å². The minimum absolute atomic E-state index is 0.184. The van der Waals surface area contributed by atoms with Gasteiger partial charge in [0.05, 0.1) is 16.8 Å². The number of piperidine rings is 1. The van der Waals surface area contributed by atoms with Crippen LogP contribution in [-0.4, -0.2) is 54.4 Å². The van der Waals surface area contributed by atoms with Gasteiger partial charge in [-0.3, -0.25) is 9.78 Å². The summed E-state index contributed by atoms with van der Waals surface area (Å²) in [6.07, 6.45) is 8.16. The van der Waals surface area contributed by atoms with Gasteiger partial charge in [0.25, 0.3) is 0 Å². The number of aromatic amines is 1. The van der Waals surface area contributed by atoms with Crippen LogP contribution in [0, 0.1) is 11.8 Å². The Morgan fingerprint density at radius 3 is 2.56 bits per heavy atom. The minimum Gasteiger partial charge on any atom is -0.370 e. The molecule has 5 nitrogen and oxygen atoms in total. The summed E-state index contributed by atoms with van der Waals surface area (Å²) in [6.45, 7) is 3.11. The summed E-state index contributed by atoms with van der Waals surface area (Å²) in [5.74, 6) is 1.17. The van der Waals surface area contributed by atoms with Crippen molar-refractivity contribution in [3.8, 4) is 11.1 Å². The van der Waals surface area contributed by atoms with Gasteiger partial charge >= 0.3 is 0 Å². The van der Waals surface area contributed by atoms with Crippen LogP contribution in [0.25, 0.3) is 32.9 Å². The van der Waals surface area contributed by atoms with Gasteiger partial charge in [-0.2, -0.15) is 0 Å². The molecule has 1 saturated heterocycles. The van der Waals surface area contributed by atoms with Gasteiger partial charge in [-0.15, -0.1) is 0 Å². The van der Waals surface area contributed by atoms with Crippen LogP contribution < -0.4 is 4.90 Å². The number of carbonyl (C=O) groups excluding carboxylic acids is 1. The number of nitrogens with zero attached hydrogens (tertiary/aromatic N) is 3. The number of carbonyl (C=O) groups is 1. The maximum atomic E-state index is 13.3. The van der Waals surface area contributed by atoms with E-state index < -0.39 is 0 Å². The van der Waals surface area contributed by atoms with Crippen molar-refractivity contribution in [2.24, 2.45) is 11.8 Å². The lowest BCUT2D eigenvalue weighted by atomic mass is 9.93. The zero-order valence-corrected chi connectivity index (χ0v) is 20.1. The number of aromatic nitrogens is 2. The summed E-state index contributed by atoms with van der Waals surface area (Å²) >= 11 is 0. The Bertz CT molecular complexity index is 1360. The van der Waals surface area contributed by atoms with Crippen molar-refractivity contribution < 1.29 is 4.79 Å². The van der Waals surface area contributed by atoms with Gasteiger partial charge in [0, 0.05) is 48.8 Å². The van der Waals surface area contributed by atoms with Crippen molar-refractivity contribution in [3.63, 3.8) is 0 Å². The van der Waals surface area contributed by atoms with Crippen LogP contribution in [0.4, 0.5) is 5.69 Å². The predicted molar refractivity (Wildman–Crippen MR) is 140 cm³/mol. The molecule has 3 heterocycles. The quantitative estimate of drug-likeness (QED) is 0.378. The van der Waals surface area contributed by atoms with Crippen molar-refractivity contribution in [2.75, 3.05) is 38.6 Å². The minimum atomic E-state index is 0.184. The highest BCUT2D eigenvalue weighted by Crippen LogP contribution is 2.40. The number of hydrogen-bond donors (Lipinski definition) is 1. The lowest BCUT2D eigenvalue weighted by Crippen LogP contribution is -2.38. The molecule has 2 aromatic carbocycles. The van der Waals surface area contributed by atoms with E-state index in [0.717, 1.165) is 78.6 Å². The van der Waals surface area contributed by atoms with Gasteiger partial charge in [-0.1, -0.05) is 12.1 Å². The maximum Gasteiger partial charge on any atom is 0.169 e. The number of H-pyrrole nitrogens is 1. The summed E-state index contributed by atoms with van der Waals surface area (Å²) in [7, 11) is 4.31. The normalized spacial score (nSPS) is 17.2. The molecule has 0 spiro atoms. The molecule has 1 aliphatic carbocycles. The first kappa shape index (κ1) is 21.4. The van der Waals surface area contributed by atoms with E-state index in [1.54, 1.807) is 0 Å². The second kappa shape index (κ2) is 8.55. The van der Waals surface area contributed by atoms with E-state index in [-0.39, 0.29) is 11.7 Å². The highest BCUT2D eigenvalue weighted by molar-refractivity contribution is 6.10. The molecular formula is C29H32N4O. The molecule has 2 aliphatic rings. The molecule has 0 radical (unpaired) electrons. The number of nitrogens with one attached hydrogen (secondary N) is 1. The molecule has 2 aromatic heterocycles. The van der Waals surface area contributed by atoms with E-state index >= 15 is 0 Å². The fourth-order valence-corrected chi connectivity index (χ4v) is 5.53. The number of ketones is 1. The Kier molecular flexibility index (Phi) is 5.37. The maximum absolute atomic E-state index is 13.3. The predicted octanol–water partition coefficient (Wildman–Crippen LogP) is 5.75. The fourth-order valence-electron chi connectivity index (χ4n) is 5.53. The number of Topliss-reactive ketones (excluding diaryl/α,β-unsaturated/α-hetero) is 1. The van der Waals surface area contributed by atoms with Crippen LogP contribution in [0.15, 0.2) is 54.9 Å². The molecule has 0 unspecified atom stereocenters. The fraction of sp³-hybridized carbons (Fsp3) is 0.379. The van der Waals surface area contributed by atoms with Crippen molar-refractivity contribution in [3.05, 3.63) is 60.4 Å². The molecule has 174 valence electrons. The van der Waals surface area contributed by atoms with E-state index in [2.05, 4.69) is 71.3 Å². The second-order valence-electron chi connectivity index (χ2n) is 10.4. The molecule has 1 aliphatic heterocycles. The lowest BCUT2D eigenvalue weighted by Gasteiger charge is -2.36. The number of pyridine rings is 1. The summed E-state index contributed by atoms with van der Waals surface area (Å²) < 4.78 is 0. The standard InChI is InChI=1S/C29H32N4O/c1-32(2)18-19-10-13-33(14-11-19)28-24-16-22(21-5-7-26-23(15-21)9-12-30-26)6-8-27(24)31-17-25(28)29(34)20-3-4-20/h5-9,12,15-17,19-20,30H,3-4,10-11,13-14,18H2,1-2H3. The smallest absolute Gasteiger partial charge is 0.169 e. The van der Waals surface area contributed by atoms with Crippen LogP contribution in [0.1, 0.15) is 36.0 Å². The first-order valence-corrected chi connectivity index (χ1v) is 12.5. The molecule has 4 aromatic rings. The number of anilines is 1. The summed E-state index contributed by atoms with van der Waals surface area (Å²) in [5.41, 5.74) is 6.38. The van der Waals surface area contributed by atoms with Gasteiger partial charge < -0.3 is 14.8 Å². The highest BCUT2D eigenvalue weighted by atomic mass is 16.1. The van der Waals surface area contributed by atoms with Crippen molar-refractivity contribution >= 4 is 33.3 Å². The molecule has 0 bridgehead atoms. The first-order chi connectivity index (χ1) is 16.6. The van der Waals surface area contributed by atoms with Crippen LogP contribution in [-0.2, 0) is 0 Å². The summed E-state index contributed by atoms with van der Waals surface area (Å²) in [4.78, 5) is 26.1. The van der Waals surface area contributed by atoms with E-state index in [0.29, 0.717) is 5.92 Å². The van der Waals surface area contributed by atoms with Crippen LogP contribution >= 0.6 is 0 Å². The van der Waals surface area contributed by atoms with Crippen molar-refractivity contribution in [1.29, 1.82) is 0 Å². The number of fused-ring (bicyclic) bond motifs is 2. The Labute approximate surface area is 200 Å². The van der Waals surface area contributed by atoms with Crippen molar-refractivity contribution in [1.82, 2.24) is 14.9 Å². The number of hydrogen-bond acceptors (Lipinski definition) is 4. The van der Waals surface area contributed by atoms with Crippen LogP contribution in [0.5, 0.6) is 0 Å². The average molecular weight is 453 g/mol. The Balaban J connectivity index is 1.43. The zero-order valence-electron chi connectivity index (χ0n) is 20.1. The first-order valence-electron chi connectivity index (χ1n) is 12.5. The SMILES string of the molecule is CN(C)CC1CCN(c2c(C(=O)C3CC3)cnc3ccc(-c4ccc5[nH]ccc5c4)cc23)CC1. The van der Waals surface area contributed by atoms with Crippen LogP contribution in [0.2, 0.25) is 0 Å². The molecule has 1 saturated carbocycles. The highest BCUT2D eigenvalue weighted by Gasteiger charge is 2.34. The number of benzene rings is 2. The third-order valence-electron chi connectivity index (χ3n) is 7.49. The van der Waals surface area contributed by atoms with Gasteiger partial charge in [-0.25, -0.2) is 0 Å². The Hall–Kier alpha value is -3.18. The third kappa shape index (κ3) is 3.98. The molecule has 1 N–H and O–H groups in total. The third-order valence-corrected chi connectivity index (χ3v) is 7.49. The molecule has 5 heteroatoms. The van der Waals surface area contributed by atoms with E-state index in [9.17, 15) is 4.79 Å². The summed E-state index contributed by atoms with van der Waals surface area (Å²) in [6, 6.07) is 15.2. The molecule has 0 amide bonds. The van der Waals surface area contributed by atoms with Gasteiger partial charge in [0.15, 0.2) is 5.78 Å². The lowest BCUT2D eigenvalue weighted by molar-refractivity contribution is 0.0968. The van der Waals surface area contributed by atoms with Crippen LogP contribution in [0.3, 0.4) is 0 Å². The zero-order chi connectivity index (χ0) is 23.2. The van der Waals surface area contributed by atoms with E-state index in [1.807, 2.05) is 12.4 Å². The number of rotatable bonds is 6. The second-order valence-corrected chi connectivity index (χ2v) is 10.4. The van der Waals surface area contributed by atoms with Gasteiger partial charge in [-0.05, 0) is 92.5 Å². The molecule has 6 rings (SSSR count). The molecule has 34 heavy (non-hydrogen) atoms. The molecule has 0 atom stereocenters. The van der Waals surface area contributed by atoms with Gasteiger partial charge in [0.1, 0.15) is 0 Å². The molecular weight excluding hydrogens is 420 g/mol. The van der Waals surface area contributed by atoms with Crippen molar-refractivity contribution in [2.45, 2.75) is 25.7 Å². The Morgan fingerprint density at radius 2 is 1.79 bits per heavy atom. The molecule has 2 fully saturated rings. The summed E-state index contributed by atoms with van der Waals surface area (Å²) in [5, 5.41) is 2.31. The Morgan fingerprint density at radius 1 is 1.03 bits per heavy atom. The largest absolute Gasteiger partial charge is 0.370 e. The average Bonchev–Trinajstić information content (AvgIpc) is 3.59.